The predicted molar refractivity (Wildman–Crippen MR) is 53.1 cm³/mol. The molecule has 0 atom stereocenters. The number of hydrogen-bond acceptors (Lipinski definition) is 1. The van der Waals surface area contributed by atoms with Crippen LogP contribution in [0.2, 0.25) is 0 Å². The summed E-state index contributed by atoms with van der Waals surface area (Å²) in [7, 11) is 0. The van der Waals surface area contributed by atoms with Gasteiger partial charge < -0.3 is 4.34 Å². The zero-order valence-corrected chi connectivity index (χ0v) is 8.35. The van der Waals surface area contributed by atoms with Crippen LogP contribution in [0.5, 0.6) is 0 Å². The molecule has 0 aliphatic carbocycles. The highest BCUT2D eigenvalue weighted by molar-refractivity contribution is 9.10. The van der Waals surface area contributed by atoms with Crippen molar-refractivity contribution in [2.75, 3.05) is 4.34 Å². The molecule has 1 N–H and O–H groups in total. The lowest BCUT2D eigenvalue weighted by Gasteiger charge is -2.09. The van der Waals surface area contributed by atoms with Crippen molar-refractivity contribution in [3.63, 3.8) is 0 Å². The molecule has 0 fully saturated rings. The van der Waals surface area contributed by atoms with Crippen molar-refractivity contribution in [2.45, 2.75) is 19.8 Å². The van der Waals surface area contributed by atoms with Crippen LogP contribution < -0.4 is 4.34 Å². The van der Waals surface area contributed by atoms with Crippen molar-refractivity contribution in [1.82, 2.24) is 0 Å². The Morgan fingerprint density at radius 2 is 1.91 bits per heavy atom. The van der Waals surface area contributed by atoms with E-state index in [1.54, 1.807) is 0 Å². The van der Waals surface area contributed by atoms with Crippen LogP contribution in [0.3, 0.4) is 0 Å². The number of benzene rings is 1. The third-order valence-electron chi connectivity index (χ3n) is 1.68. The highest BCUT2D eigenvalue weighted by Gasteiger charge is 2.02. The zero-order chi connectivity index (χ0) is 8.27. The first-order valence-corrected chi connectivity index (χ1v) is 4.50. The molecule has 0 bridgehead atoms. The Labute approximate surface area is 76.2 Å². The Hall–Kier alpha value is -0.500. The van der Waals surface area contributed by atoms with Crippen LogP contribution in [-0.2, 0) is 0 Å². The van der Waals surface area contributed by atoms with E-state index in [-0.39, 0.29) is 0 Å². The summed E-state index contributed by atoms with van der Waals surface area (Å²) in [5, 5.41) is 0. The van der Waals surface area contributed by atoms with Gasteiger partial charge in [0, 0.05) is 21.8 Å². The molecule has 0 saturated carbocycles. The lowest BCUT2D eigenvalue weighted by atomic mass is 10.0. The van der Waals surface area contributed by atoms with Crippen LogP contribution in [0.15, 0.2) is 24.3 Å². The Morgan fingerprint density at radius 1 is 1.27 bits per heavy atom. The van der Waals surface area contributed by atoms with E-state index in [9.17, 15) is 0 Å². The molecule has 0 heterocycles. The average molecular weight is 214 g/mol. The lowest BCUT2D eigenvalue weighted by molar-refractivity contribution is 0.870. The molecule has 0 radical (unpaired) electrons. The van der Waals surface area contributed by atoms with Gasteiger partial charge in [-0.15, -0.1) is 0 Å². The Bertz CT molecular complexity index is 233. The van der Waals surface area contributed by atoms with Crippen LogP contribution in [0, 0.1) is 0 Å². The second kappa shape index (κ2) is 3.77. The molecular formula is C9H12BrN. The molecular weight excluding hydrogens is 202 g/mol. The van der Waals surface area contributed by atoms with Crippen LogP contribution in [-0.4, -0.2) is 0 Å². The highest BCUT2D eigenvalue weighted by Crippen LogP contribution is 2.24. The second-order valence-electron chi connectivity index (χ2n) is 2.84. The third kappa shape index (κ3) is 1.96. The maximum Gasteiger partial charge on any atom is 0.0475 e. The standard InChI is InChI=1S/C9H12BrN/c1-7(2)8-5-3-4-6-9(8)11-10/h3-7,11H,1-2H3. The summed E-state index contributed by atoms with van der Waals surface area (Å²) in [6.45, 7) is 4.37. The van der Waals surface area contributed by atoms with Gasteiger partial charge in [-0.25, -0.2) is 0 Å². The number of hydrogen-bond donors (Lipinski definition) is 1. The molecule has 1 rings (SSSR count). The molecule has 2 heteroatoms. The van der Waals surface area contributed by atoms with E-state index in [0.29, 0.717) is 5.92 Å². The Morgan fingerprint density at radius 3 is 2.36 bits per heavy atom. The summed E-state index contributed by atoms with van der Waals surface area (Å²) in [5.74, 6) is 0.566. The van der Waals surface area contributed by atoms with Gasteiger partial charge in [0.1, 0.15) is 0 Å². The van der Waals surface area contributed by atoms with Crippen molar-refractivity contribution in [1.29, 1.82) is 0 Å². The van der Waals surface area contributed by atoms with Gasteiger partial charge in [-0.1, -0.05) is 32.0 Å². The van der Waals surface area contributed by atoms with E-state index in [1.807, 2.05) is 6.07 Å². The van der Waals surface area contributed by atoms with Crippen LogP contribution in [0.25, 0.3) is 0 Å². The smallest absolute Gasteiger partial charge is 0.0475 e. The topological polar surface area (TPSA) is 12.0 Å². The molecule has 1 nitrogen and oxygen atoms in total. The van der Waals surface area contributed by atoms with E-state index in [1.165, 1.54) is 5.56 Å². The fraction of sp³-hybridized carbons (Fsp3) is 0.333. The number of para-hydroxylation sites is 1. The molecule has 0 saturated heterocycles. The molecule has 0 spiro atoms. The first-order valence-electron chi connectivity index (χ1n) is 3.71. The minimum Gasteiger partial charge on any atom is -0.322 e. The largest absolute Gasteiger partial charge is 0.322 e. The van der Waals surface area contributed by atoms with Gasteiger partial charge in [0.05, 0.1) is 0 Å². The summed E-state index contributed by atoms with van der Waals surface area (Å²) in [6, 6.07) is 8.27. The molecule has 0 aliphatic rings. The fourth-order valence-corrected chi connectivity index (χ4v) is 1.45. The van der Waals surface area contributed by atoms with Gasteiger partial charge in [-0.05, 0) is 17.5 Å². The lowest BCUT2D eigenvalue weighted by Crippen LogP contribution is -1.91. The predicted octanol–water partition coefficient (Wildman–Crippen LogP) is 3.53. The molecule has 1 aromatic rings. The molecule has 60 valence electrons. The maximum absolute atomic E-state index is 3.23. The number of nitrogens with one attached hydrogen (secondary N) is 1. The van der Waals surface area contributed by atoms with E-state index in [2.05, 4.69) is 52.5 Å². The number of halogens is 1. The number of anilines is 1. The molecule has 0 aromatic heterocycles. The summed E-state index contributed by atoms with van der Waals surface area (Å²) in [4.78, 5) is 0. The normalized spacial score (nSPS) is 10.2. The van der Waals surface area contributed by atoms with Crippen molar-refractivity contribution in [3.05, 3.63) is 29.8 Å². The van der Waals surface area contributed by atoms with Gasteiger partial charge in [-0.3, -0.25) is 0 Å². The van der Waals surface area contributed by atoms with Crippen molar-refractivity contribution >= 4 is 21.8 Å². The summed E-state index contributed by atoms with van der Waals surface area (Å²) in [6.07, 6.45) is 0. The average Bonchev–Trinajstić information content (AvgIpc) is 2.04. The summed E-state index contributed by atoms with van der Waals surface area (Å²) >= 11 is 3.23. The highest BCUT2D eigenvalue weighted by atomic mass is 79.9. The van der Waals surface area contributed by atoms with Gasteiger partial charge in [0.25, 0.3) is 0 Å². The molecule has 11 heavy (non-hydrogen) atoms. The first-order chi connectivity index (χ1) is 5.25. The molecule has 0 aliphatic heterocycles. The fourth-order valence-electron chi connectivity index (χ4n) is 1.09. The van der Waals surface area contributed by atoms with Gasteiger partial charge in [-0.2, -0.15) is 0 Å². The SMILES string of the molecule is CC(C)c1ccccc1NBr. The Balaban J connectivity index is 3.02. The van der Waals surface area contributed by atoms with Crippen LogP contribution in [0.1, 0.15) is 25.3 Å². The first kappa shape index (κ1) is 8.60. The zero-order valence-electron chi connectivity index (χ0n) is 6.76. The van der Waals surface area contributed by atoms with E-state index in [4.69, 9.17) is 0 Å². The number of rotatable bonds is 2. The van der Waals surface area contributed by atoms with Gasteiger partial charge in [0.2, 0.25) is 0 Å². The van der Waals surface area contributed by atoms with Crippen molar-refractivity contribution in [2.24, 2.45) is 0 Å². The van der Waals surface area contributed by atoms with Crippen LogP contribution in [0.4, 0.5) is 5.69 Å². The molecule has 0 unspecified atom stereocenters. The van der Waals surface area contributed by atoms with E-state index in [0.717, 1.165) is 5.69 Å². The third-order valence-corrected chi connectivity index (χ3v) is 2.11. The second-order valence-corrected chi connectivity index (χ2v) is 3.23. The molecule has 1 aromatic carbocycles. The summed E-state index contributed by atoms with van der Waals surface area (Å²) in [5.41, 5.74) is 2.49. The minimum atomic E-state index is 0.566. The Kier molecular flexibility index (Phi) is 2.94. The minimum absolute atomic E-state index is 0.566. The van der Waals surface area contributed by atoms with Crippen molar-refractivity contribution in [3.8, 4) is 0 Å². The monoisotopic (exact) mass is 213 g/mol. The van der Waals surface area contributed by atoms with E-state index >= 15 is 0 Å². The van der Waals surface area contributed by atoms with Crippen molar-refractivity contribution < 1.29 is 0 Å². The van der Waals surface area contributed by atoms with Crippen LogP contribution >= 0.6 is 16.1 Å². The van der Waals surface area contributed by atoms with Gasteiger partial charge >= 0.3 is 0 Å². The quantitative estimate of drug-likeness (QED) is 0.742. The maximum atomic E-state index is 3.23. The molecule has 0 amide bonds. The summed E-state index contributed by atoms with van der Waals surface area (Å²) < 4.78 is 2.99. The van der Waals surface area contributed by atoms with E-state index < -0.39 is 0 Å². The van der Waals surface area contributed by atoms with Gasteiger partial charge in [0.15, 0.2) is 0 Å².